The standard InChI is InChI=1S/C13H17FO3S/c1-2-3-4-8-18(16,17)10-13(15)11-6-5-7-12(14)9-11/h5-7,9H,2-4,8,10H2,1H3. The molecule has 1 rings (SSSR count). The van der Waals surface area contributed by atoms with Gasteiger partial charge in [-0.05, 0) is 18.6 Å². The number of ketones is 1. The Morgan fingerprint density at radius 1 is 1.28 bits per heavy atom. The number of hydrogen-bond donors (Lipinski definition) is 0. The van der Waals surface area contributed by atoms with Crippen molar-refractivity contribution in [2.75, 3.05) is 11.5 Å². The van der Waals surface area contributed by atoms with Crippen molar-refractivity contribution in [3.8, 4) is 0 Å². The van der Waals surface area contributed by atoms with Crippen molar-refractivity contribution < 1.29 is 17.6 Å². The lowest BCUT2D eigenvalue weighted by molar-refractivity contribution is 0.102. The van der Waals surface area contributed by atoms with Crippen LogP contribution in [0.3, 0.4) is 0 Å². The van der Waals surface area contributed by atoms with Crippen LogP contribution >= 0.6 is 0 Å². The van der Waals surface area contributed by atoms with Gasteiger partial charge in [0.1, 0.15) is 11.6 Å². The SMILES string of the molecule is CCCCCS(=O)(=O)CC(=O)c1cccc(F)c1. The van der Waals surface area contributed by atoms with Gasteiger partial charge in [-0.25, -0.2) is 12.8 Å². The summed E-state index contributed by atoms with van der Waals surface area (Å²) in [6.45, 7) is 1.98. The minimum atomic E-state index is -3.39. The zero-order valence-corrected chi connectivity index (χ0v) is 11.2. The summed E-state index contributed by atoms with van der Waals surface area (Å²) in [4.78, 5) is 11.7. The minimum Gasteiger partial charge on any atom is -0.293 e. The first kappa shape index (κ1) is 14.8. The van der Waals surface area contributed by atoms with E-state index in [1.165, 1.54) is 18.2 Å². The van der Waals surface area contributed by atoms with Crippen LogP contribution in [0.5, 0.6) is 0 Å². The summed E-state index contributed by atoms with van der Waals surface area (Å²) in [6, 6.07) is 5.09. The molecule has 5 heteroatoms. The van der Waals surface area contributed by atoms with Crippen LogP contribution in [-0.4, -0.2) is 25.7 Å². The van der Waals surface area contributed by atoms with Gasteiger partial charge in [0.05, 0.1) is 5.75 Å². The molecule has 0 aliphatic rings. The van der Waals surface area contributed by atoms with Crippen LogP contribution in [-0.2, 0) is 9.84 Å². The smallest absolute Gasteiger partial charge is 0.177 e. The lowest BCUT2D eigenvalue weighted by Crippen LogP contribution is -2.19. The molecule has 1 aromatic carbocycles. The Balaban J connectivity index is 2.64. The number of sulfone groups is 1. The van der Waals surface area contributed by atoms with E-state index < -0.39 is 27.2 Å². The molecular formula is C13H17FO3S. The van der Waals surface area contributed by atoms with Gasteiger partial charge < -0.3 is 0 Å². The summed E-state index contributed by atoms with van der Waals surface area (Å²) in [7, 11) is -3.39. The van der Waals surface area contributed by atoms with Crippen LogP contribution in [0, 0.1) is 5.82 Å². The highest BCUT2D eigenvalue weighted by Crippen LogP contribution is 2.08. The van der Waals surface area contributed by atoms with Crippen molar-refractivity contribution >= 4 is 15.6 Å². The van der Waals surface area contributed by atoms with E-state index >= 15 is 0 Å². The van der Waals surface area contributed by atoms with Gasteiger partial charge in [0.25, 0.3) is 0 Å². The summed E-state index contributed by atoms with van der Waals surface area (Å²) >= 11 is 0. The molecule has 0 bridgehead atoms. The molecule has 0 fully saturated rings. The molecule has 0 radical (unpaired) electrons. The third-order valence-electron chi connectivity index (χ3n) is 2.56. The maximum Gasteiger partial charge on any atom is 0.177 e. The molecule has 0 aliphatic carbocycles. The molecule has 0 heterocycles. The number of Topliss-reactive ketones (excluding diaryl/α,β-unsaturated/α-hetero) is 1. The summed E-state index contributed by atoms with van der Waals surface area (Å²) in [5, 5.41) is 0. The molecule has 3 nitrogen and oxygen atoms in total. The van der Waals surface area contributed by atoms with Crippen LogP contribution in [0.2, 0.25) is 0 Å². The quantitative estimate of drug-likeness (QED) is 0.566. The number of halogens is 1. The average Bonchev–Trinajstić information content (AvgIpc) is 2.28. The molecule has 0 saturated heterocycles. The fourth-order valence-electron chi connectivity index (χ4n) is 1.59. The highest BCUT2D eigenvalue weighted by Gasteiger charge is 2.17. The Labute approximate surface area is 107 Å². The van der Waals surface area contributed by atoms with Crippen LogP contribution in [0.15, 0.2) is 24.3 Å². The van der Waals surface area contributed by atoms with Crippen molar-refractivity contribution in [1.82, 2.24) is 0 Å². The zero-order valence-electron chi connectivity index (χ0n) is 10.4. The number of benzene rings is 1. The van der Waals surface area contributed by atoms with Crippen molar-refractivity contribution in [2.45, 2.75) is 26.2 Å². The first-order chi connectivity index (χ1) is 8.44. The third kappa shape index (κ3) is 4.96. The van der Waals surface area contributed by atoms with Gasteiger partial charge in [0.15, 0.2) is 15.6 Å². The van der Waals surface area contributed by atoms with Crippen molar-refractivity contribution in [3.63, 3.8) is 0 Å². The number of unbranched alkanes of at least 4 members (excludes halogenated alkanes) is 2. The largest absolute Gasteiger partial charge is 0.293 e. The molecule has 0 N–H and O–H groups in total. The van der Waals surface area contributed by atoms with E-state index in [0.29, 0.717) is 6.42 Å². The fourth-order valence-corrected chi connectivity index (χ4v) is 2.94. The molecule has 18 heavy (non-hydrogen) atoms. The Hall–Kier alpha value is -1.23. The van der Waals surface area contributed by atoms with Crippen molar-refractivity contribution in [3.05, 3.63) is 35.6 Å². The van der Waals surface area contributed by atoms with Gasteiger partial charge in [-0.1, -0.05) is 31.9 Å². The van der Waals surface area contributed by atoms with E-state index in [1.54, 1.807) is 0 Å². The number of hydrogen-bond acceptors (Lipinski definition) is 3. The summed E-state index contributed by atoms with van der Waals surface area (Å²) in [6.07, 6.45) is 2.32. The first-order valence-corrected chi connectivity index (χ1v) is 7.76. The van der Waals surface area contributed by atoms with Gasteiger partial charge in [0.2, 0.25) is 0 Å². The van der Waals surface area contributed by atoms with Crippen molar-refractivity contribution in [1.29, 1.82) is 0 Å². The van der Waals surface area contributed by atoms with Crippen LogP contribution in [0.4, 0.5) is 4.39 Å². The van der Waals surface area contributed by atoms with E-state index in [4.69, 9.17) is 0 Å². The predicted molar refractivity (Wildman–Crippen MR) is 68.9 cm³/mol. The van der Waals surface area contributed by atoms with E-state index in [1.807, 2.05) is 6.92 Å². The second-order valence-corrected chi connectivity index (χ2v) is 6.42. The van der Waals surface area contributed by atoms with Gasteiger partial charge in [-0.3, -0.25) is 4.79 Å². The molecule has 0 unspecified atom stereocenters. The first-order valence-electron chi connectivity index (χ1n) is 5.94. The van der Waals surface area contributed by atoms with Gasteiger partial charge in [-0.15, -0.1) is 0 Å². The van der Waals surface area contributed by atoms with Crippen LogP contribution in [0.25, 0.3) is 0 Å². The van der Waals surface area contributed by atoms with Gasteiger partial charge in [0, 0.05) is 5.56 Å². The zero-order chi connectivity index (χ0) is 13.6. The van der Waals surface area contributed by atoms with E-state index in [-0.39, 0.29) is 11.3 Å². The fraction of sp³-hybridized carbons (Fsp3) is 0.462. The summed E-state index contributed by atoms with van der Waals surface area (Å²) in [5.41, 5.74) is 0.106. The van der Waals surface area contributed by atoms with Crippen LogP contribution < -0.4 is 0 Å². The number of rotatable bonds is 7. The molecule has 1 aromatic rings. The predicted octanol–water partition coefficient (Wildman–Crippen LogP) is 2.61. The maximum absolute atomic E-state index is 12.9. The summed E-state index contributed by atoms with van der Waals surface area (Å²) in [5.74, 6) is -1.61. The summed E-state index contributed by atoms with van der Waals surface area (Å²) < 4.78 is 36.2. The Morgan fingerprint density at radius 2 is 2.00 bits per heavy atom. The molecule has 100 valence electrons. The number of carbonyl (C=O) groups excluding carboxylic acids is 1. The van der Waals surface area contributed by atoms with Crippen LogP contribution in [0.1, 0.15) is 36.5 Å². The van der Waals surface area contributed by atoms with Gasteiger partial charge in [-0.2, -0.15) is 0 Å². The van der Waals surface area contributed by atoms with Gasteiger partial charge >= 0.3 is 0 Å². The molecular weight excluding hydrogens is 255 g/mol. The highest BCUT2D eigenvalue weighted by atomic mass is 32.2. The molecule has 0 spiro atoms. The number of carbonyl (C=O) groups is 1. The topological polar surface area (TPSA) is 51.2 Å². The molecule has 0 aliphatic heterocycles. The lowest BCUT2D eigenvalue weighted by atomic mass is 10.1. The molecule has 0 aromatic heterocycles. The second-order valence-electron chi connectivity index (χ2n) is 4.23. The molecule has 0 atom stereocenters. The minimum absolute atomic E-state index is 0.0158. The molecule has 0 amide bonds. The lowest BCUT2D eigenvalue weighted by Gasteiger charge is -2.03. The third-order valence-corrected chi connectivity index (χ3v) is 4.17. The van der Waals surface area contributed by atoms with E-state index in [2.05, 4.69) is 0 Å². The Bertz CT molecular complexity index is 509. The Morgan fingerprint density at radius 3 is 2.61 bits per heavy atom. The monoisotopic (exact) mass is 272 g/mol. The molecule has 0 saturated carbocycles. The maximum atomic E-state index is 12.9. The van der Waals surface area contributed by atoms with Crippen molar-refractivity contribution in [2.24, 2.45) is 0 Å². The Kier molecular flexibility index (Phi) is 5.47. The van der Waals surface area contributed by atoms with E-state index in [9.17, 15) is 17.6 Å². The second kappa shape index (κ2) is 6.64. The van der Waals surface area contributed by atoms with E-state index in [0.717, 1.165) is 18.9 Å². The average molecular weight is 272 g/mol. The highest BCUT2D eigenvalue weighted by molar-refractivity contribution is 7.92. The normalized spacial score (nSPS) is 11.4.